The normalized spacial score (nSPS) is 22.7. The number of benzene rings is 2. The van der Waals surface area contributed by atoms with Crippen LogP contribution < -0.4 is 4.90 Å². The Labute approximate surface area is 192 Å². The molecule has 2 aromatic rings. The lowest BCUT2D eigenvalue weighted by molar-refractivity contribution is -0.151. The highest BCUT2D eigenvalue weighted by molar-refractivity contribution is 7.99. The van der Waals surface area contributed by atoms with Gasteiger partial charge in [-0.25, -0.2) is 0 Å². The van der Waals surface area contributed by atoms with Crippen molar-refractivity contribution in [2.75, 3.05) is 37.7 Å². The summed E-state index contributed by atoms with van der Waals surface area (Å²) < 4.78 is 5.08. The molecule has 31 heavy (non-hydrogen) atoms. The maximum Gasteiger partial charge on any atom is 0.311 e. The largest absolute Gasteiger partial charge is 0.465 e. The number of halogens is 1. The van der Waals surface area contributed by atoms with E-state index >= 15 is 0 Å². The van der Waals surface area contributed by atoms with Crippen molar-refractivity contribution in [3.05, 3.63) is 47.5 Å². The Kier molecular flexibility index (Phi) is 5.90. The Morgan fingerprint density at radius 3 is 2.65 bits per heavy atom. The van der Waals surface area contributed by atoms with Gasteiger partial charge in [-0.1, -0.05) is 35.5 Å². The van der Waals surface area contributed by atoms with E-state index in [-0.39, 0.29) is 11.9 Å². The summed E-state index contributed by atoms with van der Waals surface area (Å²) in [6.07, 6.45) is 2.92. The molecule has 0 unspecified atom stereocenters. The van der Waals surface area contributed by atoms with Crippen molar-refractivity contribution < 1.29 is 14.6 Å². The highest BCUT2D eigenvalue weighted by atomic mass is 35.5. The third-order valence-corrected chi connectivity index (χ3v) is 8.12. The van der Waals surface area contributed by atoms with E-state index in [0.29, 0.717) is 25.9 Å². The molecule has 0 bridgehead atoms. The number of hydrogen-bond donors (Lipinski definition) is 1. The van der Waals surface area contributed by atoms with Crippen molar-refractivity contribution in [2.24, 2.45) is 5.92 Å². The minimum atomic E-state index is -0.900. The lowest BCUT2D eigenvalue weighted by Crippen LogP contribution is -2.50. The number of carbonyl (C=O) groups excluding carboxylic acids is 1. The maximum absolute atomic E-state index is 11.9. The minimum absolute atomic E-state index is 0.227. The summed E-state index contributed by atoms with van der Waals surface area (Å²) in [5.41, 5.74) is 1.50. The summed E-state index contributed by atoms with van der Waals surface area (Å²) in [5, 5.41) is 11.7. The Bertz CT molecular complexity index is 977. The van der Waals surface area contributed by atoms with Crippen LogP contribution in [0.4, 0.5) is 11.4 Å². The first-order chi connectivity index (χ1) is 15.0. The van der Waals surface area contributed by atoms with Crippen LogP contribution >= 0.6 is 23.4 Å². The predicted octanol–water partition coefficient (Wildman–Crippen LogP) is 4.72. The summed E-state index contributed by atoms with van der Waals surface area (Å²) in [7, 11) is 0. The number of carbonyl (C=O) groups is 1. The Balaban J connectivity index is 1.22. The van der Waals surface area contributed by atoms with E-state index in [1.54, 1.807) is 11.8 Å². The number of cyclic esters (lactones) is 1. The van der Waals surface area contributed by atoms with Crippen molar-refractivity contribution in [1.29, 1.82) is 0 Å². The van der Waals surface area contributed by atoms with E-state index in [2.05, 4.69) is 46.2 Å². The Morgan fingerprint density at radius 1 is 1.10 bits per heavy atom. The molecule has 0 aromatic heterocycles. The lowest BCUT2D eigenvalue weighted by atomic mass is 9.78. The summed E-state index contributed by atoms with van der Waals surface area (Å²) >= 11 is 8.11. The van der Waals surface area contributed by atoms with Crippen LogP contribution in [0, 0.1) is 5.92 Å². The first kappa shape index (κ1) is 21.1. The molecule has 0 spiro atoms. The zero-order valence-electron chi connectivity index (χ0n) is 17.4. The van der Waals surface area contributed by atoms with Gasteiger partial charge in [-0.2, -0.15) is 0 Å². The maximum atomic E-state index is 11.9. The fourth-order valence-corrected chi connectivity index (χ4v) is 6.23. The number of rotatable bonds is 5. The van der Waals surface area contributed by atoms with Crippen molar-refractivity contribution in [2.45, 2.75) is 41.1 Å². The molecule has 0 aliphatic carbocycles. The molecule has 3 heterocycles. The van der Waals surface area contributed by atoms with Crippen LogP contribution in [0.5, 0.6) is 0 Å². The molecule has 1 atom stereocenters. The average molecular weight is 459 g/mol. The van der Waals surface area contributed by atoms with Gasteiger partial charge < -0.3 is 19.6 Å². The molecule has 164 valence electrons. The van der Waals surface area contributed by atoms with Crippen LogP contribution in [0.25, 0.3) is 0 Å². The molecular formula is C24H27ClN2O3S. The second-order valence-electron chi connectivity index (χ2n) is 8.64. The highest BCUT2D eigenvalue weighted by Gasteiger charge is 2.46. The van der Waals surface area contributed by atoms with Gasteiger partial charge in [0.15, 0.2) is 0 Å². The third kappa shape index (κ3) is 4.19. The van der Waals surface area contributed by atoms with Gasteiger partial charge in [0.2, 0.25) is 0 Å². The fourth-order valence-electron chi connectivity index (χ4n) is 4.99. The minimum Gasteiger partial charge on any atom is -0.465 e. The zero-order valence-corrected chi connectivity index (χ0v) is 19.0. The van der Waals surface area contributed by atoms with E-state index in [1.165, 1.54) is 21.2 Å². The zero-order chi connectivity index (χ0) is 21.4. The number of piperidine rings is 1. The molecule has 3 aliphatic rings. The summed E-state index contributed by atoms with van der Waals surface area (Å²) in [5.74, 6) is -0.576. The first-order valence-electron chi connectivity index (χ1n) is 11.0. The number of fused-ring (bicyclic) bond motifs is 2. The molecule has 2 aromatic carbocycles. The van der Waals surface area contributed by atoms with E-state index in [1.807, 2.05) is 6.07 Å². The highest BCUT2D eigenvalue weighted by Crippen LogP contribution is 2.48. The van der Waals surface area contributed by atoms with Crippen LogP contribution in [0.15, 0.2) is 52.3 Å². The van der Waals surface area contributed by atoms with E-state index < -0.39 is 5.60 Å². The summed E-state index contributed by atoms with van der Waals surface area (Å²) in [6, 6.07) is 14.6. The molecule has 0 saturated carbocycles. The Hall–Kier alpha value is -1.73. The monoisotopic (exact) mass is 458 g/mol. The van der Waals surface area contributed by atoms with Crippen LogP contribution in [0.2, 0.25) is 5.02 Å². The van der Waals surface area contributed by atoms with Crippen molar-refractivity contribution in [1.82, 2.24) is 4.90 Å². The molecule has 7 heteroatoms. The average Bonchev–Trinajstić information content (AvgIpc) is 3.22. The topological polar surface area (TPSA) is 53.0 Å². The first-order valence-corrected chi connectivity index (χ1v) is 12.2. The number of hydrogen-bond acceptors (Lipinski definition) is 6. The van der Waals surface area contributed by atoms with Gasteiger partial charge in [0.25, 0.3) is 0 Å². The van der Waals surface area contributed by atoms with E-state index in [9.17, 15) is 9.90 Å². The number of nitrogens with zero attached hydrogens (tertiary/aromatic N) is 2. The van der Waals surface area contributed by atoms with Crippen molar-refractivity contribution in [3.8, 4) is 0 Å². The van der Waals surface area contributed by atoms with E-state index in [4.69, 9.17) is 16.3 Å². The van der Waals surface area contributed by atoms with Gasteiger partial charge in [-0.15, -0.1) is 0 Å². The van der Waals surface area contributed by atoms with Crippen LogP contribution in [0.1, 0.15) is 25.7 Å². The molecule has 5 nitrogen and oxygen atoms in total. The van der Waals surface area contributed by atoms with E-state index in [0.717, 1.165) is 37.6 Å². The van der Waals surface area contributed by atoms with Gasteiger partial charge in [0.05, 0.1) is 29.5 Å². The van der Waals surface area contributed by atoms with Crippen molar-refractivity contribution in [3.63, 3.8) is 0 Å². The molecule has 1 N–H and O–H groups in total. The predicted molar refractivity (Wildman–Crippen MR) is 123 cm³/mol. The third-order valence-electron chi connectivity index (χ3n) is 6.75. The quantitative estimate of drug-likeness (QED) is 0.654. The number of aliphatic hydroxyl groups is 1. The van der Waals surface area contributed by atoms with Crippen LogP contribution in [-0.2, 0) is 9.53 Å². The lowest BCUT2D eigenvalue weighted by Gasteiger charge is -2.40. The van der Waals surface area contributed by atoms with Gasteiger partial charge >= 0.3 is 5.97 Å². The molecule has 2 saturated heterocycles. The molecule has 3 aliphatic heterocycles. The van der Waals surface area contributed by atoms with Gasteiger partial charge in [-0.3, -0.25) is 4.79 Å². The van der Waals surface area contributed by atoms with Gasteiger partial charge in [-0.05, 0) is 62.6 Å². The molecule has 0 radical (unpaired) electrons. The summed E-state index contributed by atoms with van der Waals surface area (Å²) in [4.78, 5) is 19.2. The van der Waals surface area contributed by atoms with Gasteiger partial charge in [0, 0.05) is 34.4 Å². The number of ether oxygens (including phenoxy) is 1. The van der Waals surface area contributed by atoms with Crippen LogP contribution in [-0.4, -0.2) is 54.4 Å². The second-order valence-corrected chi connectivity index (χ2v) is 10.2. The van der Waals surface area contributed by atoms with Crippen LogP contribution in [0.3, 0.4) is 0 Å². The van der Waals surface area contributed by atoms with Gasteiger partial charge in [0.1, 0.15) is 0 Å². The number of para-hydroxylation sites is 1. The van der Waals surface area contributed by atoms with Crippen molar-refractivity contribution >= 4 is 40.7 Å². The summed E-state index contributed by atoms with van der Waals surface area (Å²) in [6.45, 7) is 3.94. The smallest absolute Gasteiger partial charge is 0.311 e. The molecule has 5 rings (SSSR count). The Morgan fingerprint density at radius 2 is 1.87 bits per heavy atom. The molecular weight excluding hydrogens is 432 g/mol. The number of esters is 1. The number of anilines is 2. The second kappa shape index (κ2) is 8.66. The number of likely N-dealkylation sites (tertiary alicyclic amines) is 1. The molecule has 0 amide bonds. The SMILES string of the molecule is O=C1OCC[C@H]1C1(O)CCN(CCCN2c3ccccc3Sc3ccc(Cl)cc32)CC1. The molecule has 2 fully saturated rings. The fraction of sp³-hybridized carbons (Fsp3) is 0.458. The standard InChI is InChI=1S/C24H27ClN2O3S/c25-17-6-7-22-20(16-17)27(19-4-1-2-5-21(19)31-22)12-3-11-26-13-9-24(29,10-14-26)18-8-15-30-23(18)28/h1-2,4-7,16,18,29H,3,8-15H2/t18-/m1/s1.